The Morgan fingerprint density at radius 3 is 2.31 bits per heavy atom. The number of amides is 1. The Labute approximate surface area is 175 Å². The van der Waals surface area contributed by atoms with E-state index in [0.29, 0.717) is 19.2 Å². The molecule has 156 valence electrons. The summed E-state index contributed by atoms with van der Waals surface area (Å²) < 4.78 is 66.4. The van der Waals surface area contributed by atoms with Crippen LogP contribution >= 0.6 is 23.2 Å². The SMILES string of the molecule is O=C(Nc1ccc(Cl)cc1C(F)(F)F)c1cc(S(=O)(=O)N2CCCC2)ccc1Cl. The van der Waals surface area contributed by atoms with Gasteiger partial charge in [-0.3, -0.25) is 4.79 Å². The Balaban J connectivity index is 1.95. The van der Waals surface area contributed by atoms with E-state index in [-0.39, 0.29) is 20.5 Å². The molecular formula is C18H15Cl2F3N2O3S. The van der Waals surface area contributed by atoms with Crippen molar-refractivity contribution in [2.75, 3.05) is 18.4 Å². The van der Waals surface area contributed by atoms with Gasteiger partial charge in [0.2, 0.25) is 10.0 Å². The summed E-state index contributed by atoms with van der Waals surface area (Å²) in [5.74, 6) is -0.971. The van der Waals surface area contributed by atoms with Gasteiger partial charge in [-0.05, 0) is 49.2 Å². The van der Waals surface area contributed by atoms with E-state index in [4.69, 9.17) is 23.2 Å². The van der Waals surface area contributed by atoms with Crippen molar-refractivity contribution >= 4 is 44.8 Å². The van der Waals surface area contributed by atoms with E-state index in [1.165, 1.54) is 22.5 Å². The third kappa shape index (κ3) is 4.69. The Kier molecular flexibility index (Phi) is 6.14. The average Bonchev–Trinajstić information content (AvgIpc) is 3.18. The third-order valence-corrected chi connectivity index (χ3v) is 6.88. The second kappa shape index (κ2) is 8.14. The minimum Gasteiger partial charge on any atom is -0.321 e. The summed E-state index contributed by atoms with van der Waals surface area (Å²) in [4.78, 5) is 12.4. The highest BCUT2D eigenvalue weighted by Gasteiger charge is 2.34. The van der Waals surface area contributed by atoms with Gasteiger partial charge in [0.15, 0.2) is 0 Å². The standard InChI is InChI=1S/C18H15Cl2F3N2O3S/c19-11-3-6-16(14(9-11)18(21,22)23)24-17(26)13-10-12(4-5-15(13)20)29(27,28)25-7-1-2-8-25/h3-6,9-10H,1-2,7-8H2,(H,24,26). The van der Waals surface area contributed by atoms with Gasteiger partial charge in [-0.1, -0.05) is 23.2 Å². The third-order valence-electron chi connectivity index (χ3n) is 4.42. The molecule has 29 heavy (non-hydrogen) atoms. The van der Waals surface area contributed by atoms with Gasteiger partial charge in [-0.25, -0.2) is 8.42 Å². The lowest BCUT2D eigenvalue weighted by Gasteiger charge is -2.17. The Morgan fingerprint density at radius 2 is 1.69 bits per heavy atom. The van der Waals surface area contributed by atoms with Gasteiger partial charge < -0.3 is 5.32 Å². The van der Waals surface area contributed by atoms with Gasteiger partial charge in [0.1, 0.15) is 0 Å². The minimum atomic E-state index is -4.75. The second-order valence-electron chi connectivity index (χ2n) is 6.39. The van der Waals surface area contributed by atoms with E-state index in [9.17, 15) is 26.4 Å². The number of carbonyl (C=O) groups is 1. The van der Waals surface area contributed by atoms with Gasteiger partial charge >= 0.3 is 6.18 Å². The highest BCUT2D eigenvalue weighted by Crippen LogP contribution is 2.37. The van der Waals surface area contributed by atoms with E-state index in [2.05, 4.69) is 5.32 Å². The second-order valence-corrected chi connectivity index (χ2v) is 9.18. The lowest BCUT2D eigenvalue weighted by atomic mass is 10.1. The summed E-state index contributed by atoms with van der Waals surface area (Å²) >= 11 is 11.6. The number of sulfonamides is 1. The molecule has 3 rings (SSSR count). The van der Waals surface area contributed by atoms with E-state index >= 15 is 0 Å². The molecule has 1 heterocycles. The molecule has 0 atom stereocenters. The van der Waals surface area contributed by atoms with Gasteiger partial charge in [-0.15, -0.1) is 0 Å². The van der Waals surface area contributed by atoms with Crippen LogP contribution in [0.15, 0.2) is 41.3 Å². The lowest BCUT2D eigenvalue weighted by Crippen LogP contribution is -2.28. The fourth-order valence-corrected chi connectivity index (χ4v) is 4.89. The molecule has 1 aliphatic rings. The number of hydrogen-bond acceptors (Lipinski definition) is 3. The van der Waals surface area contributed by atoms with Crippen LogP contribution in [0.25, 0.3) is 0 Å². The van der Waals surface area contributed by atoms with E-state index in [1.807, 2.05) is 0 Å². The highest BCUT2D eigenvalue weighted by atomic mass is 35.5. The molecule has 0 saturated carbocycles. The van der Waals surface area contributed by atoms with E-state index in [0.717, 1.165) is 25.0 Å². The largest absolute Gasteiger partial charge is 0.418 e. The molecular weight excluding hydrogens is 452 g/mol. The van der Waals surface area contributed by atoms with Crippen LogP contribution in [0.3, 0.4) is 0 Å². The maximum atomic E-state index is 13.2. The van der Waals surface area contributed by atoms with Crippen molar-refractivity contribution in [1.29, 1.82) is 0 Å². The van der Waals surface area contributed by atoms with Crippen LogP contribution < -0.4 is 5.32 Å². The maximum absolute atomic E-state index is 13.2. The quantitative estimate of drug-likeness (QED) is 0.685. The number of nitrogens with zero attached hydrogens (tertiary/aromatic N) is 1. The van der Waals surface area contributed by atoms with Crippen molar-refractivity contribution in [3.8, 4) is 0 Å². The molecule has 1 fully saturated rings. The van der Waals surface area contributed by atoms with Crippen LogP contribution in [0, 0.1) is 0 Å². The number of rotatable bonds is 4. The average molecular weight is 467 g/mol. The van der Waals surface area contributed by atoms with Crippen LogP contribution in [-0.2, 0) is 16.2 Å². The molecule has 11 heteroatoms. The van der Waals surface area contributed by atoms with Crippen molar-refractivity contribution in [3.05, 3.63) is 57.6 Å². The molecule has 0 unspecified atom stereocenters. The van der Waals surface area contributed by atoms with Crippen LogP contribution in [0.1, 0.15) is 28.8 Å². The van der Waals surface area contributed by atoms with Crippen molar-refractivity contribution in [2.24, 2.45) is 0 Å². The number of alkyl halides is 3. The zero-order valence-corrected chi connectivity index (χ0v) is 17.1. The molecule has 1 amide bonds. The zero-order chi connectivity index (χ0) is 21.4. The summed E-state index contributed by atoms with van der Waals surface area (Å²) in [6.45, 7) is 0.735. The molecule has 1 saturated heterocycles. The van der Waals surface area contributed by atoms with Crippen LogP contribution in [-0.4, -0.2) is 31.7 Å². The summed E-state index contributed by atoms with van der Waals surface area (Å²) in [6.07, 6.45) is -3.29. The maximum Gasteiger partial charge on any atom is 0.418 e. The zero-order valence-electron chi connectivity index (χ0n) is 14.8. The Bertz CT molecular complexity index is 1050. The number of carbonyl (C=O) groups excluding carboxylic acids is 1. The van der Waals surface area contributed by atoms with E-state index < -0.39 is 33.4 Å². The Morgan fingerprint density at radius 1 is 1.03 bits per heavy atom. The highest BCUT2D eigenvalue weighted by molar-refractivity contribution is 7.89. The number of halogens is 5. The van der Waals surface area contributed by atoms with Crippen molar-refractivity contribution in [1.82, 2.24) is 4.31 Å². The lowest BCUT2D eigenvalue weighted by molar-refractivity contribution is -0.136. The smallest absolute Gasteiger partial charge is 0.321 e. The van der Waals surface area contributed by atoms with E-state index in [1.54, 1.807) is 0 Å². The predicted octanol–water partition coefficient (Wildman–Crippen LogP) is 5.05. The first-order valence-electron chi connectivity index (χ1n) is 8.48. The molecule has 0 radical (unpaired) electrons. The van der Waals surface area contributed by atoms with Crippen molar-refractivity contribution in [2.45, 2.75) is 23.9 Å². The summed E-state index contributed by atoms with van der Waals surface area (Å²) in [5, 5.41) is 1.90. The molecule has 0 spiro atoms. The molecule has 2 aromatic carbocycles. The molecule has 0 aromatic heterocycles. The number of nitrogens with one attached hydrogen (secondary N) is 1. The molecule has 0 bridgehead atoms. The molecule has 1 aliphatic heterocycles. The predicted molar refractivity (Wildman–Crippen MR) is 104 cm³/mol. The van der Waals surface area contributed by atoms with Crippen LogP contribution in [0.2, 0.25) is 10.0 Å². The molecule has 1 N–H and O–H groups in total. The van der Waals surface area contributed by atoms with Crippen LogP contribution in [0.4, 0.5) is 18.9 Å². The number of benzene rings is 2. The minimum absolute atomic E-state index is 0.0922. The summed E-state index contributed by atoms with van der Waals surface area (Å²) in [6, 6.07) is 6.45. The van der Waals surface area contributed by atoms with Gasteiger partial charge in [-0.2, -0.15) is 17.5 Å². The first-order valence-corrected chi connectivity index (χ1v) is 10.7. The number of hydrogen-bond donors (Lipinski definition) is 1. The normalized spacial score (nSPS) is 15.5. The fraction of sp³-hybridized carbons (Fsp3) is 0.278. The van der Waals surface area contributed by atoms with Gasteiger partial charge in [0.25, 0.3) is 5.91 Å². The Hall–Kier alpha value is -1.81. The number of anilines is 1. The summed E-state index contributed by atoms with van der Waals surface area (Å²) in [7, 11) is -3.82. The molecule has 5 nitrogen and oxygen atoms in total. The molecule has 2 aromatic rings. The van der Waals surface area contributed by atoms with Crippen LogP contribution in [0.5, 0.6) is 0 Å². The van der Waals surface area contributed by atoms with Gasteiger partial charge in [0.05, 0.1) is 26.7 Å². The van der Waals surface area contributed by atoms with Crippen molar-refractivity contribution in [3.63, 3.8) is 0 Å². The first-order chi connectivity index (χ1) is 13.5. The molecule has 0 aliphatic carbocycles. The topological polar surface area (TPSA) is 66.5 Å². The first kappa shape index (κ1) is 21.9. The monoisotopic (exact) mass is 466 g/mol. The van der Waals surface area contributed by atoms with Gasteiger partial charge in [0, 0.05) is 18.1 Å². The van der Waals surface area contributed by atoms with Crippen molar-refractivity contribution < 1.29 is 26.4 Å². The fourth-order valence-electron chi connectivity index (χ4n) is 2.97. The summed E-state index contributed by atoms with van der Waals surface area (Å²) in [5.41, 5.74) is -1.90.